The predicted octanol–water partition coefficient (Wildman–Crippen LogP) is 4.07. The normalized spacial score (nSPS) is 12.6. The van der Waals surface area contributed by atoms with E-state index in [9.17, 15) is 5.11 Å². The molecule has 0 saturated heterocycles. The van der Waals surface area contributed by atoms with Crippen LogP contribution in [-0.4, -0.2) is 5.11 Å². The largest absolute Gasteiger partial charge is 0.508 e. The van der Waals surface area contributed by atoms with Gasteiger partial charge in [0.25, 0.3) is 0 Å². The van der Waals surface area contributed by atoms with Crippen LogP contribution in [0.3, 0.4) is 0 Å². The molecule has 2 nitrogen and oxygen atoms in total. The topological polar surface area (TPSA) is 32.3 Å². The molecule has 1 aromatic heterocycles. The average molecular weight is 312 g/mol. The van der Waals surface area contributed by atoms with Crippen molar-refractivity contribution < 1.29 is 5.11 Å². The number of halogens is 1. The molecule has 0 aliphatic rings. The SMILES string of the molecule is CC(NCc1cc(Br)cs1)c1cccc(O)c1. The number of hydrogen-bond donors (Lipinski definition) is 2. The summed E-state index contributed by atoms with van der Waals surface area (Å²) < 4.78 is 1.13. The van der Waals surface area contributed by atoms with E-state index in [1.807, 2.05) is 12.1 Å². The number of hydrogen-bond acceptors (Lipinski definition) is 3. The van der Waals surface area contributed by atoms with Gasteiger partial charge < -0.3 is 10.4 Å². The molecule has 0 amide bonds. The van der Waals surface area contributed by atoms with E-state index >= 15 is 0 Å². The van der Waals surface area contributed by atoms with E-state index in [1.165, 1.54) is 4.88 Å². The molecule has 0 spiro atoms. The van der Waals surface area contributed by atoms with Gasteiger partial charge in [0.05, 0.1) is 0 Å². The Morgan fingerprint density at radius 2 is 2.24 bits per heavy atom. The summed E-state index contributed by atoms with van der Waals surface area (Å²) in [4.78, 5) is 1.30. The Balaban J connectivity index is 1.95. The Bertz CT molecular complexity index is 498. The number of thiophene rings is 1. The van der Waals surface area contributed by atoms with Crippen LogP contribution in [0.25, 0.3) is 0 Å². The van der Waals surface area contributed by atoms with Gasteiger partial charge in [-0.05, 0) is 46.6 Å². The Labute approximate surface area is 113 Å². The third-order valence-corrected chi connectivity index (χ3v) is 4.27. The molecule has 0 aliphatic heterocycles. The molecular weight excluding hydrogens is 298 g/mol. The Hall–Kier alpha value is -0.840. The zero-order chi connectivity index (χ0) is 12.3. The first kappa shape index (κ1) is 12.6. The lowest BCUT2D eigenvalue weighted by atomic mass is 10.1. The summed E-state index contributed by atoms with van der Waals surface area (Å²) in [5, 5.41) is 14.9. The van der Waals surface area contributed by atoms with E-state index in [0.717, 1.165) is 16.6 Å². The van der Waals surface area contributed by atoms with Crippen molar-refractivity contribution in [1.82, 2.24) is 5.32 Å². The van der Waals surface area contributed by atoms with Gasteiger partial charge in [-0.2, -0.15) is 0 Å². The fraction of sp³-hybridized carbons (Fsp3) is 0.231. The van der Waals surface area contributed by atoms with Gasteiger partial charge in [-0.3, -0.25) is 0 Å². The number of phenols is 1. The fourth-order valence-electron chi connectivity index (χ4n) is 1.61. The van der Waals surface area contributed by atoms with Gasteiger partial charge in [-0.25, -0.2) is 0 Å². The van der Waals surface area contributed by atoms with Gasteiger partial charge in [0.2, 0.25) is 0 Å². The van der Waals surface area contributed by atoms with Crippen LogP contribution in [0.4, 0.5) is 0 Å². The average Bonchev–Trinajstić information content (AvgIpc) is 2.72. The maximum absolute atomic E-state index is 9.42. The number of rotatable bonds is 4. The summed E-state index contributed by atoms with van der Waals surface area (Å²) in [6.45, 7) is 2.94. The molecular formula is C13H14BrNOS. The number of phenolic OH excluding ortho intramolecular Hbond substituents is 1. The quantitative estimate of drug-likeness (QED) is 0.892. The lowest BCUT2D eigenvalue weighted by Crippen LogP contribution is -2.17. The third-order valence-electron chi connectivity index (χ3n) is 2.57. The second-order valence-corrected chi connectivity index (χ2v) is 5.84. The van der Waals surface area contributed by atoms with Crippen LogP contribution in [0.1, 0.15) is 23.4 Å². The van der Waals surface area contributed by atoms with Crippen LogP contribution in [-0.2, 0) is 6.54 Å². The summed E-state index contributed by atoms with van der Waals surface area (Å²) in [5.41, 5.74) is 1.10. The molecule has 1 aromatic carbocycles. The minimum absolute atomic E-state index is 0.225. The van der Waals surface area contributed by atoms with Crippen LogP contribution in [0, 0.1) is 0 Å². The Morgan fingerprint density at radius 1 is 1.41 bits per heavy atom. The first-order chi connectivity index (χ1) is 8.15. The summed E-state index contributed by atoms with van der Waals surface area (Å²) in [6, 6.07) is 9.70. The molecule has 2 aromatic rings. The highest BCUT2D eigenvalue weighted by atomic mass is 79.9. The zero-order valence-electron chi connectivity index (χ0n) is 9.48. The monoisotopic (exact) mass is 311 g/mol. The first-order valence-corrected chi connectivity index (χ1v) is 7.07. The lowest BCUT2D eigenvalue weighted by molar-refractivity contribution is 0.472. The van der Waals surface area contributed by atoms with Crippen LogP contribution >= 0.6 is 27.3 Å². The Kier molecular flexibility index (Phi) is 4.20. The third kappa shape index (κ3) is 3.56. The van der Waals surface area contributed by atoms with Crippen molar-refractivity contribution in [3.63, 3.8) is 0 Å². The van der Waals surface area contributed by atoms with Crippen LogP contribution in [0.15, 0.2) is 40.2 Å². The highest BCUT2D eigenvalue weighted by Crippen LogP contribution is 2.22. The van der Waals surface area contributed by atoms with E-state index in [0.29, 0.717) is 5.75 Å². The lowest BCUT2D eigenvalue weighted by Gasteiger charge is -2.13. The van der Waals surface area contributed by atoms with E-state index in [-0.39, 0.29) is 6.04 Å². The molecule has 1 unspecified atom stereocenters. The standard InChI is InChI=1S/C13H14BrNOS/c1-9(10-3-2-4-12(16)5-10)15-7-13-6-11(14)8-17-13/h2-6,8-9,15-16H,7H2,1H3. The van der Waals surface area contributed by atoms with Crippen molar-refractivity contribution in [2.75, 3.05) is 0 Å². The number of benzene rings is 1. The van der Waals surface area contributed by atoms with E-state index in [2.05, 4.69) is 39.6 Å². The van der Waals surface area contributed by atoms with E-state index in [4.69, 9.17) is 0 Å². The number of nitrogens with one attached hydrogen (secondary N) is 1. The summed E-state index contributed by atoms with van der Waals surface area (Å²) in [6.07, 6.45) is 0. The predicted molar refractivity (Wildman–Crippen MR) is 75.4 cm³/mol. The van der Waals surface area contributed by atoms with E-state index in [1.54, 1.807) is 23.5 Å². The van der Waals surface area contributed by atoms with Crippen molar-refractivity contribution in [3.05, 3.63) is 50.6 Å². The highest BCUT2D eigenvalue weighted by molar-refractivity contribution is 9.10. The second kappa shape index (κ2) is 5.67. The maximum Gasteiger partial charge on any atom is 0.115 e. The van der Waals surface area contributed by atoms with Crippen molar-refractivity contribution in [2.24, 2.45) is 0 Å². The van der Waals surface area contributed by atoms with Crippen LogP contribution in [0.5, 0.6) is 5.75 Å². The van der Waals surface area contributed by atoms with Crippen molar-refractivity contribution in [1.29, 1.82) is 0 Å². The molecule has 0 saturated carbocycles. The summed E-state index contributed by atoms with van der Waals surface area (Å²) >= 11 is 5.17. The molecule has 2 rings (SSSR count). The minimum Gasteiger partial charge on any atom is -0.508 e. The van der Waals surface area contributed by atoms with Crippen LogP contribution in [0.2, 0.25) is 0 Å². The van der Waals surface area contributed by atoms with Gasteiger partial charge in [-0.15, -0.1) is 11.3 Å². The van der Waals surface area contributed by atoms with Gasteiger partial charge in [0.1, 0.15) is 5.75 Å². The molecule has 0 aliphatic carbocycles. The molecule has 1 atom stereocenters. The molecule has 90 valence electrons. The maximum atomic E-state index is 9.42. The molecule has 4 heteroatoms. The first-order valence-electron chi connectivity index (χ1n) is 5.40. The Morgan fingerprint density at radius 3 is 2.88 bits per heavy atom. The molecule has 17 heavy (non-hydrogen) atoms. The second-order valence-electron chi connectivity index (χ2n) is 3.93. The number of aromatic hydroxyl groups is 1. The molecule has 0 radical (unpaired) electrons. The van der Waals surface area contributed by atoms with Gasteiger partial charge in [0.15, 0.2) is 0 Å². The van der Waals surface area contributed by atoms with Crippen LogP contribution < -0.4 is 5.32 Å². The van der Waals surface area contributed by atoms with Gasteiger partial charge in [0, 0.05) is 27.3 Å². The minimum atomic E-state index is 0.225. The molecule has 0 bridgehead atoms. The smallest absolute Gasteiger partial charge is 0.115 e. The summed E-state index contributed by atoms with van der Waals surface area (Å²) in [5.74, 6) is 0.315. The van der Waals surface area contributed by atoms with Crippen molar-refractivity contribution in [3.8, 4) is 5.75 Å². The van der Waals surface area contributed by atoms with Crippen molar-refractivity contribution in [2.45, 2.75) is 19.5 Å². The summed E-state index contributed by atoms with van der Waals surface area (Å²) in [7, 11) is 0. The molecule has 2 N–H and O–H groups in total. The van der Waals surface area contributed by atoms with Gasteiger partial charge >= 0.3 is 0 Å². The van der Waals surface area contributed by atoms with Crippen molar-refractivity contribution >= 4 is 27.3 Å². The molecule has 1 heterocycles. The molecule has 0 fully saturated rings. The van der Waals surface area contributed by atoms with E-state index < -0.39 is 0 Å². The highest BCUT2D eigenvalue weighted by Gasteiger charge is 2.06. The fourth-order valence-corrected chi connectivity index (χ4v) is 3.01. The van der Waals surface area contributed by atoms with Gasteiger partial charge in [-0.1, -0.05) is 12.1 Å². The zero-order valence-corrected chi connectivity index (χ0v) is 11.9.